The number of ketones is 1. The third kappa shape index (κ3) is 7.15. The minimum atomic E-state index is -0.392. The van der Waals surface area contributed by atoms with E-state index in [0.717, 1.165) is 17.5 Å². The number of carbonyl (C=O) groups excluding carboxylic acids is 1. The highest BCUT2D eigenvalue weighted by Crippen LogP contribution is 2.24. The highest BCUT2D eigenvalue weighted by Gasteiger charge is 2.19. The Morgan fingerprint density at radius 3 is 1.64 bits per heavy atom. The minimum Gasteiger partial charge on any atom is -0.506 e. The molecule has 0 aliphatic heterocycles. The number of anilines is 3. The van der Waals surface area contributed by atoms with Gasteiger partial charge in [0.05, 0.1) is 37.8 Å². The topological polar surface area (TPSA) is 149 Å². The Bertz CT molecular complexity index is 1080. The molecule has 0 fully saturated rings. The number of allylic oxidation sites excluding steroid dienone is 2. The standard InChI is InChI=1S/C26H32N4O6/c31-13-9-29(10-14-32)21-5-1-19(2-6-21)27-23-17-24(26(36)18-25(23)35)28-20-3-7-22(8-4-20)30(11-15-33)12-16-34/h1-8,17-18,27,31-34,36H,9-16H2/b28-24+. The number of hydrogen-bond acceptors (Lipinski definition) is 10. The number of aliphatic hydroxyl groups excluding tert-OH is 5. The van der Waals surface area contributed by atoms with Gasteiger partial charge in [-0.25, -0.2) is 4.99 Å². The van der Waals surface area contributed by atoms with Crippen molar-refractivity contribution in [2.24, 2.45) is 4.99 Å². The summed E-state index contributed by atoms with van der Waals surface area (Å²) < 4.78 is 0. The van der Waals surface area contributed by atoms with Gasteiger partial charge in [0.2, 0.25) is 5.78 Å². The number of carbonyl (C=O) groups is 1. The normalized spacial score (nSPS) is 14.4. The predicted octanol–water partition coefficient (Wildman–Crippen LogP) is 1.36. The van der Waals surface area contributed by atoms with Gasteiger partial charge >= 0.3 is 0 Å². The lowest BCUT2D eigenvalue weighted by molar-refractivity contribution is -0.111. The van der Waals surface area contributed by atoms with Crippen molar-refractivity contribution in [3.8, 4) is 0 Å². The van der Waals surface area contributed by atoms with Gasteiger partial charge in [-0.2, -0.15) is 0 Å². The minimum absolute atomic E-state index is 0.0361. The Hall–Kier alpha value is -3.70. The van der Waals surface area contributed by atoms with Crippen LogP contribution in [0.1, 0.15) is 0 Å². The first-order valence-electron chi connectivity index (χ1n) is 11.6. The summed E-state index contributed by atoms with van der Waals surface area (Å²) in [5.74, 6) is -0.632. The van der Waals surface area contributed by atoms with Gasteiger partial charge in [-0.1, -0.05) is 0 Å². The van der Waals surface area contributed by atoms with Crippen molar-refractivity contribution in [3.63, 3.8) is 0 Å². The number of aliphatic hydroxyl groups is 5. The van der Waals surface area contributed by atoms with E-state index in [0.29, 0.717) is 37.6 Å². The zero-order valence-electron chi connectivity index (χ0n) is 19.9. The van der Waals surface area contributed by atoms with Crippen LogP contribution in [-0.2, 0) is 4.79 Å². The van der Waals surface area contributed by atoms with E-state index in [2.05, 4.69) is 10.3 Å². The van der Waals surface area contributed by atoms with E-state index in [1.165, 1.54) is 6.08 Å². The number of aliphatic imine (C=N–C) groups is 1. The van der Waals surface area contributed by atoms with Gasteiger partial charge in [-0.05, 0) is 54.6 Å². The van der Waals surface area contributed by atoms with Gasteiger partial charge in [-0.15, -0.1) is 0 Å². The number of nitrogens with zero attached hydrogens (tertiary/aromatic N) is 3. The smallest absolute Gasteiger partial charge is 0.205 e. The third-order valence-electron chi connectivity index (χ3n) is 5.53. The molecule has 0 unspecified atom stereocenters. The highest BCUT2D eigenvalue weighted by molar-refractivity contribution is 6.22. The molecule has 0 saturated heterocycles. The molecule has 2 aromatic rings. The van der Waals surface area contributed by atoms with Crippen molar-refractivity contribution in [1.29, 1.82) is 0 Å². The molecular formula is C26H32N4O6. The van der Waals surface area contributed by atoms with Crippen molar-refractivity contribution < 1.29 is 30.3 Å². The van der Waals surface area contributed by atoms with Crippen molar-refractivity contribution in [1.82, 2.24) is 0 Å². The maximum absolute atomic E-state index is 12.5. The first-order valence-corrected chi connectivity index (χ1v) is 11.6. The molecule has 36 heavy (non-hydrogen) atoms. The fourth-order valence-corrected chi connectivity index (χ4v) is 3.76. The van der Waals surface area contributed by atoms with E-state index >= 15 is 0 Å². The molecule has 10 heteroatoms. The van der Waals surface area contributed by atoms with Crippen LogP contribution in [0.5, 0.6) is 0 Å². The summed E-state index contributed by atoms with van der Waals surface area (Å²) in [7, 11) is 0. The average Bonchev–Trinajstić information content (AvgIpc) is 2.87. The van der Waals surface area contributed by atoms with E-state index < -0.39 is 5.78 Å². The predicted molar refractivity (Wildman–Crippen MR) is 140 cm³/mol. The molecular weight excluding hydrogens is 464 g/mol. The van der Waals surface area contributed by atoms with Gasteiger partial charge in [0.25, 0.3) is 0 Å². The van der Waals surface area contributed by atoms with Crippen LogP contribution >= 0.6 is 0 Å². The van der Waals surface area contributed by atoms with Crippen LogP contribution in [0, 0.1) is 0 Å². The number of nitrogens with one attached hydrogen (secondary N) is 1. The molecule has 6 N–H and O–H groups in total. The molecule has 1 aliphatic carbocycles. The van der Waals surface area contributed by atoms with Crippen molar-refractivity contribution in [2.45, 2.75) is 0 Å². The Labute approximate surface area is 209 Å². The van der Waals surface area contributed by atoms with Crippen molar-refractivity contribution in [2.75, 3.05) is 67.7 Å². The molecule has 0 saturated carbocycles. The number of rotatable bonds is 13. The van der Waals surface area contributed by atoms with Gasteiger partial charge < -0.3 is 40.6 Å². The Morgan fingerprint density at radius 1 is 0.694 bits per heavy atom. The summed E-state index contributed by atoms with van der Waals surface area (Å²) in [5, 5.41) is 50.2. The molecule has 0 bridgehead atoms. The lowest BCUT2D eigenvalue weighted by atomic mass is 10.1. The van der Waals surface area contributed by atoms with Crippen molar-refractivity contribution in [3.05, 3.63) is 72.1 Å². The van der Waals surface area contributed by atoms with E-state index in [-0.39, 0.29) is 43.6 Å². The molecule has 0 radical (unpaired) electrons. The lowest BCUT2D eigenvalue weighted by Crippen LogP contribution is -2.29. The summed E-state index contributed by atoms with van der Waals surface area (Å²) in [6.07, 6.45) is 2.59. The van der Waals surface area contributed by atoms with Gasteiger partial charge in [0.1, 0.15) is 11.5 Å². The van der Waals surface area contributed by atoms with E-state index in [4.69, 9.17) is 0 Å². The monoisotopic (exact) mass is 496 g/mol. The second-order valence-corrected chi connectivity index (χ2v) is 8.01. The Morgan fingerprint density at radius 2 is 1.17 bits per heavy atom. The fourth-order valence-electron chi connectivity index (χ4n) is 3.76. The molecule has 0 amide bonds. The summed E-state index contributed by atoms with van der Waals surface area (Å²) >= 11 is 0. The van der Waals surface area contributed by atoms with Crippen LogP contribution < -0.4 is 15.1 Å². The van der Waals surface area contributed by atoms with Crippen LogP contribution in [-0.4, -0.2) is 89.6 Å². The fraction of sp³-hybridized carbons (Fsp3) is 0.308. The van der Waals surface area contributed by atoms with Gasteiger partial charge in [0.15, 0.2) is 0 Å². The molecule has 10 nitrogen and oxygen atoms in total. The largest absolute Gasteiger partial charge is 0.506 e. The van der Waals surface area contributed by atoms with E-state index in [9.17, 15) is 30.3 Å². The molecule has 3 rings (SSSR count). The zero-order valence-corrected chi connectivity index (χ0v) is 19.9. The van der Waals surface area contributed by atoms with Crippen LogP contribution in [0.25, 0.3) is 0 Å². The average molecular weight is 497 g/mol. The van der Waals surface area contributed by atoms with Gasteiger partial charge in [0, 0.05) is 49.3 Å². The van der Waals surface area contributed by atoms with E-state index in [1.54, 1.807) is 36.4 Å². The van der Waals surface area contributed by atoms with Gasteiger partial charge in [-0.3, -0.25) is 4.79 Å². The quantitative estimate of drug-likeness (QED) is 0.226. The second-order valence-electron chi connectivity index (χ2n) is 8.01. The molecule has 0 aromatic heterocycles. The molecule has 0 atom stereocenters. The highest BCUT2D eigenvalue weighted by atomic mass is 16.3. The molecule has 0 spiro atoms. The Kier molecular flexibility index (Phi) is 10.0. The van der Waals surface area contributed by atoms with Crippen LogP contribution in [0.15, 0.2) is 77.1 Å². The first-order chi connectivity index (χ1) is 17.5. The zero-order chi connectivity index (χ0) is 25.9. The van der Waals surface area contributed by atoms with E-state index in [1.807, 2.05) is 21.9 Å². The first kappa shape index (κ1) is 26.9. The summed E-state index contributed by atoms with van der Waals surface area (Å²) in [6.45, 7) is 1.41. The maximum Gasteiger partial charge on any atom is 0.205 e. The summed E-state index contributed by atoms with van der Waals surface area (Å²) in [4.78, 5) is 20.6. The summed E-state index contributed by atoms with van der Waals surface area (Å²) in [5.41, 5.74) is 3.32. The SMILES string of the molecule is O=C1C=C(O)/C(=N/c2ccc(N(CCO)CCO)cc2)C=C1Nc1ccc(N(CCO)CCO)cc1. The van der Waals surface area contributed by atoms with Crippen molar-refractivity contribution >= 4 is 34.2 Å². The second kappa shape index (κ2) is 13.4. The molecule has 192 valence electrons. The molecule has 1 aliphatic rings. The molecule has 0 heterocycles. The van der Waals surface area contributed by atoms with Crippen LogP contribution in [0.2, 0.25) is 0 Å². The number of hydrogen-bond donors (Lipinski definition) is 6. The Balaban J connectivity index is 1.77. The summed E-state index contributed by atoms with van der Waals surface area (Å²) in [6, 6.07) is 14.3. The van der Waals surface area contributed by atoms with Crippen LogP contribution in [0.3, 0.4) is 0 Å². The lowest BCUT2D eigenvalue weighted by Gasteiger charge is -2.23. The number of benzene rings is 2. The van der Waals surface area contributed by atoms with Crippen LogP contribution in [0.4, 0.5) is 22.7 Å². The molecule has 2 aromatic carbocycles. The third-order valence-corrected chi connectivity index (χ3v) is 5.53. The maximum atomic E-state index is 12.5.